The molecule has 96 valence electrons. The molecule has 0 aromatic rings. The Kier molecular flexibility index (Phi) is 10.5. The predicted molar refractivity (Wildman–Crippen MR) is 67.3 cm³/mol. The normalized spacial score (nSPS) is 12.4. The van der Waals surface area contributed by atoms with E-state index in [0.29, 0.717) is 13.0 Å². The summed E-state index contributed by atoms with van der Waals surface area (Å²) < 4.78 is 0. The van der Waals surface area contributed by atoms with Gasteiger partial charge in [-0.1, -0.05) is 45.4 Å². The van der Waals surface area contributed by atoms with E-state index in [4.69, 9.17) is 5.11 Å². The Bertz CT molecular complexity index is 169. The average molecular weight is 229 g/mol. The van der Waals surface area contributed by atoms with Gasteiger partial charge in [-0.25, -0.2) is 0 Å². The summed E-state index contributed by atoms with van der Waals surface area (Å²) in [6.45, 7) is 4.26. The third-order valence-corrected chi connectivity index (χ3v) is 2.60. The van der Waals surface area contributed by atoms with E-state index in [-0.39, 0.29) is 5.91 Å². The molecule has 0 aromatic carbocycles. The van der Waals surface area contributed by atoms with Crippen LogP contribution in [0, 0.1) is 0 Å². The van der Waals surface area contributed by atoms with E-state index in [1.165, 1.54) is 32.1 Å². The summed E-state index contributed by atoms with van der Waals surface area (Å²) >= 11 is 0. The Morgan fingerprint density at radius 3 is 2.25 bits per heavy atom. The zero-order valence-electron chi connectivity index (χ0n) is 10.8. The lowest BCUT2D eigenvalue weighted by atomic mass is 10.1. The summed E-state index contributed by atoms with van der Waals surface area (Å²) in [5, 5.41) is 11.7. The van der Waals surface area contributed by atoms with E-state index < -0.39 is 6.10 Å². The number of amides is 1. The number of nitrogens with one attached hydrogen (secondary N) is 1. The quantitative estimate of drug-likeness (QED) is 0.566. The van der Waals surface area contributed by atoms with Gasteiger partial charge in [0.25, 0.3) is 0 Å². The molecule has 3 nitrogen and oxygen atoms in total. The molecule has 0 aliphatic heterocycles. The van der Waals surface area contributed by atoms with E-state index in [2.05, 4.69) is 12.2 Å². The Morgan fingerprint density at radius 1 is 1.12 bits per heavy atom. The second kappa shape index (κ2) is 10.9. The molecule has 0 rings (SSSR count). The van der Waals surface area contributed by atoms with Crippen LogP contribution >= 0.6 is 0 Å². The van der Waals surface area contributed by atoms with Crippen molar-refractivity contribution in [3.8, 4) is 0 Å². The van der Waals surface area contributed by atoms with Crippen molar-refractivity contribution in [3.05, 3.63) is 0 Å². The highest BCUT2D eigenvalue weighted by molar-refractivity contribution is 5.75. The highest BCUT2D eigenvalue weighted by atomic mass is 16.3. The van der Waals surface area contributed by atoms with Crippen LogP contribution in [0.3, 0.4) is 0 Å². The highest BCUT2D eigenvalue weighted by Crippen LogP contribution is 2.08. The van der Waals surface area contributed by atoms with Gasteiger partial charge in [-0.05, 0) is 13.3 Å². The maximum absolute atomic E-state index is 11.3. The van der Waals surface area contributed by atoms with Gasteiger partial charge in [0, 0.05) is 13.0 Å². The minimum Gasteiger partial charge on any atom is -0.392 e. The number of aliphatic hydroxyl groups is 1. The maximum Gasteiger partial charge on any atom is 0.220 e. The van der Waals surface area contributed by atoms with Crippen LogP contribution in [0.25, 0.3) is 0 Å². The van der Waals surface area contributed by atoms with Gasteiger partial charge in [0.1, 0.15) is 0 Å². The zero-order chi connectivity index (χ0) is 12.2. The molecule has 0 fully saturated rings. The number of carbonyl (C=O) groups is 1. The van der Waals surface area contributed by atoms with E-state index in [9.17, 15) is 4.79 Å². The van der Waals surface area contributed by atoms with E-state index >= 15 is 0 Å². The standard InChI is InChI=1S/C13H27NO2/c1-3-4-5-6-7-8-9-10-13(16)14-11-12(2)15/h12,15H,3-11H2,1-2H3,(H,14,16)/t12-/m1/s1. The number of hydrogen-bond donors (Lipinski definition) is 2. The van der Waals surface area contributed by atoms with Crippen LogP contribution < -0.4 is 5.32 Å². The summed E-state index contributed by atoms with van der Waals surface area (Å²) in [4.78, 5) is 11.3. The molecule has 0 radical (unpaired) electrons. The zero-order valence-corrected chi connectivity index (χ0v) is 10.8. The average Bonchev–Trinajstić information content (AvgIpc) is 2.25. The first kappa shape index (κ1) is 15.4. The van der Waals surface area contributed by atoms with E-state index in [1.807, 2.05) is 0 Å². The van der Waals surface area contributed by atoms with Crippen LogP contribution in [-0.4, -0.2) is 23.7 Å². The fraction of sp³-hybridized carbons (Fsp3) is 0.923. The Labute approximate surface area is 99.6 Å². The third kappa shape index (κ3) is 11.5. The number of aliphatic hydroxyl groups excluding tert-OH is 1. The summed E-state index contributed by atoms with van der Waals surface area (Å²) in [6.07, 6.45) is 8.73. The van der Waals surface area contributed by atoms with Crippen molar-refractivity contribution in [3.63, 3.8) is 0 Å². The molecule has 1 atom stereocenters. The molecule has 0 aliphatic carbocycles. The van der Waals surface area contributed by atoms with Crippen LogP contribution in [-0.2, 0) is 4.79 Å². The van der Waals surface area contributed by atoms with Gasteiger partial charge in [-0.3, -0.25) is 4.79 Å². The van der Waals surface area contributed by atoms with Crippen molar-refractivity contribution in [2.24, 2.45) is 0 Å². The molecule has 0 unspecified atom stereocenters. The van der Waals surface area contributed by atoms with Crippen molar-refractivity contribution in [2.45, 2.75) is 71.3 Å². The fourth-order valence-corrected chi connectivity index (χ4v) is 1.59. The number of unbranched alkanes of at least 4 members (excludes halogenated alkanes) is 6. The van der Waals surface area contributed by atoms with Gasteiger partial charge in [0.05, 0.1) is 6.10 Å². The van der Waals surface area contributed by atoms with Crippen molar-refractivity contribution in [1.82, 2.24) is 5.32 Å². The first-order chi connectivity index (χ1) is 7.66. The third-order valence-electron chi connectivity index (χ3n) is 2.60. The largest absolute Gasteiger partial charge is 0.392 e. The molecule has 1 amide bonds. The van der Waals surface area contributed by atoms with Crippen molar-refractivity contribution in [1.29, 1.82) is 0 Å². The van der Waals surface area contributed by atoms with Gasteiger partial charge in [-0.2, -0.15) is 0 Å². The first-order valence-electron chi connectivity index (χ1n) is 6.61. The molecule has 0 saturated carbocycles. The molecule has 0 aliphatic rings. The van der Waals surface area contributed by atoms with Crippen LogP contribution in [0.15, 0.2) is 0 Å². The van der Waals surface area contributed by atoms with Crippen molar-refractivity contribution < 1.29 is 9.90 Å². The lowest BCUT2D eigenvalue weighted by Gasteiger charge is -2.06. The Morgan fingerprint density at radius 2 is 1.69 bits per heavy atom. The molecule has 0 saturated heterocycles. The van der Waals surface area contributed by atoms with Gasteiger partial charge in [-0.15, -0.1) is 0 Å². The van der Waals surface area contributed by atoms with Crippen molar-refractivity contribution in [2.75, 3.05) is 6.54 Å². The van der Waals surface area contributed by atoms with E-state index in [1.54, 1.807) is 6.92 Å². The molecular formula is C13H27NO2. The lowest BCUT2D eigenvalue weighted by molar-refractivity contribution is -0.121. The molecule has 0 bridgehead atoms. The number of hydrogen-bond acceptors (Lipinski definition) is 2. The monoisotopic (exact) mass is 229 g/mol. The van der Waals surface area contributed by atoms with Crippen molar-refractivity contribution >= 4 is 5.91 Å². The smallest absolute Gasteiger partial charge is 0.220 e. The highest BCUT2D eigenvalue weighted by Gasteiger charge is 2.02. The van der Waals surface area contributed by atoms with Crippen LogP contribution in [0.4, 0.5) is 0 Å². The van der Waals surface area contributed by atoms with Crippen LogP contribution in [0.1, 0.15) is 65.2 Å². The second-order valence-electron chi connectivity index (χ2n) is 4.52. The second-order valence-corrected chi connectivity index (χ2v) is 4.52. The van der Waals surface area contributed by atoms with Gasteiger partial charge in [0.2, 0.25) is 5.91 Å². The molecule has 3 heteroatoms. The Balaban J connectivity index is 3.15. The Hall–Kier alpha value is -0.570. The molecule has 0 heterocycles. The predicted octanol–water partition coefficient (Wildman–Crippen LogP) is 2.62. The summed E-state index contributed by atoms with van der Waals surface area (Å²) in [5.41, 5.74) is 0. The summed E-state index contributed by atoms with van der Waals surface area (Å²) in [7, 11) is 0. The topological polar surface area (TPSA) is 49.3 Å². The lowest BCUT2D eigenvalue weighted by Crippen LogP contribution is -2.30. The molecular weight excluding hydrogens is 202 g/mol. The molecule has 16 heavy (non-hydrogen) atoms. The SMILES string of the molecule is CCCCCCCCCC(=O)NC[C@@H](C)O. The van der Waals surface area contributed by atoms with E-state index in [0.717, 1.165) is 12.8 Å². The van der Waals surface area contributed by atoms with Gasteiger partial charge >= 0.3 is 0 Å². The van der Waals surface area contributed by atoms with Gasteiger partial charge in [0.15, 0.2) is 0 Å². The molecule has 2 N–H and O–H groups in total. The minimum atomic E-state index is -0.446. The molecule has 0 spiro atoms. The summed E-state index contributed by atoms with van der Waals surface area (Å²) in [6, 6.07) is 0. The maximum atomic E-state index is 11.3. The first-order valence-corrected chi connectivity index (χ1v) is 6.61. The summed E-state index contributed by atoms with van der Waals surface area (Å²) in [5.74, 6) is 0.0643. The number of rotatable bonds is 10. The molecule has 0 aromatic heterocycles. The minimum absolute atomic E-state index is 0.0643. The fourth-order valence-electron chi connectivity index (χ4n) is 1.59. The van der Waals surface area contributed by atoms with Gasteiger partial charge < -0.3 is 10.4 Å². The number of carbonyl (C=O) groups excluding carboxylic acids is 1. The van der Waals surface area contributed by atoms with Crippen LogP contribution in [0.2, 0.25) is 0 Å². The van der Waals surface area contributed by atoms with Crippen LogP contribution in [0.5, 0.6) is 0 Å².